The molecule has 5 heteroatoms. The summed E-state index contributed by atoms with van der Waals surface area (Å²) in [7, 11) is 3.43. The first-order valence-electron chi connectivity index (χ1n) is 6.53. The van der Waals surface area contributed by atoms with Crippen LogP contribution in [-0.4, -0.2) is 24.9 Å². The molecule has 0 saturated heterocycles. The van der Waals surface area contributed by atoms with Gasteiger partial charge in [-0.1, -0.05) is 17.7 Å². The van der Waals surface area contributed by atoms with Gasteiger partial charge in [0.15, 0.2) is 0 Å². The van der Waals surface area contributed by atoms with Gasteiger partial charge in [-0.15, -0.1) is 0 Å². The van der Waals surface area contributed by atoms with Crippen molar-refractivity contribution in [3.05, 3.63) is 52.5 Å². The van der Waals surface area contributed by atoms with Crippen molar-refractivity contribution < 1.29 is 4.79 Å². The van der Waals surface area contributed by atoms with Gasteiger partial charge < -0.3 is 16.0 Å². The molecular formula is C16H18ClN3O. The number of halogens is 1. The number of carbonyl (C=O) groups excluding carboxylic acids is 1. The monoisotopic (exact) mass is 303 g/mol. The summed E-state index contributed by atoms with van der Waals surface area (Å²) < 4.78 is 0. The summed E-state index contributed by atoms with van der Waals surface area (Å²) in [6, 6.07) is 10.8. The molecule has 21 heavy (non-hydrogen) atoms. The number of amides is 1. The summed E-state index contributed by atoms with van der Waals surface area (Å²) >= 11 is 6.11. The Morgan fingerprint density at radius 1 is 1.19 bits per heavy atom. The van der Waals surface area contributed by atoms with Crippen molar-refractivity contribution in [1.82, 2.24) is 4.90 Å². The Morgan fingerprint density at radius 3 is 2.57 bits per heavy atom. The lowest BCUT2D eigenvalue weighted by Crippen LogP contribution is -2.21. The lowest BCUT2D eigenvalue weighted by molar-refractivity contribution is 0.0827. The molecule has 2 aromatic rings. The molecule has 0 saturated carbocycles. The predicted octanol–water partition coefficient (Wildman–Crippen LogP) is 3.68. The van der Waals surface area contributed by atoms with E-state index in [-0.39, 0.29) is 5.91 Å². The molecule has 1 amide bonds. The largest absolute Gasteiger partial charge is 0.397 e. The van der Waals surface area contributed by atoms with Crippen LogP contribution in [0.4, 0.5) is 17.1 Å². The molecule has 110 valence electrons. The molecule has 0 aliphatic rings. The minimum absolute atomic E-state index is 0.0686. The maximum absolute atomic E-state index is 12.0. The quantitative estimate of drug-likeness (QED) is 0.850. The molecule has 0 atom stereocenters. The van der Waals surface area contributed by atoms with E-state index in [0.29, 0.717) is 22.0 Å². The van der Waals surface area contributed by atoms with Gasteiger partial charge >= 0.3 is 0 Å². The molecule has 0 fully saturated rings. The second kappa shape index (κ2) is 6.06. The molecule has 0 spiro atoms. The highest BCUT2D eigenvalue weighted by molar-refractivity contribution is 6.31. The zero-order valence-electron chi connectivity index (χ0n) is 12.3. The van der Waals surface area contributed by atoms with E-state index in [1.54, 1.807) is 32.3 Å². The third-order valence-corrected chi connectivity index (χ3v) is 3.65. The Labute approximate surface area is 129 Å². The fourth-order valence-corrected chi connectivity index (χ4v) is 2.12. The second-order valence-electron chi connectivity index (χ2n) is 5.04. The van der Waals surface area contributed by atoms with Crippen molar-refractivity contribution in [1.29, 1.82) is 0 Å². The molecule has 0 radical (unpaired) electrons. The number of nitrogen functional groups attached to an aromatic ring is 1. The van der Waals surface area contributed by atoms with Crippen molar-refractivity contribution in [2.24, 2.45) is 0 Å². The second-order valence-corrected chi connectivity index (χ2v) is 5.45. The number of hydrogen-bond acceptors (Lipinski definition) is 3. The Hall–Kier alpha value is -2.20. The van der Waals surface area contributed by atoms with Crippen LogP contribution in [0.1, 0.15) is 15.9 Å². The van der Waals surface area contributed by atoms with E-state index in [4.69, 9.17) is 17.3 Å². The van der Waals surface area contributed by atoms with Crippen LogP contribution < -0.4 is 11.1 Å². The number of hydrogen-bond donors (Lipinski definition) is 2. The standard InChI is InChI=1S/C16H18ClN3O/c1-10-12(17)5-4-6-14(10)19-15-9-11(7-8-13(15)18)16(21)20(2)3/h4-9,19H,18H2,1-3H3. The van der Waals surface area contributed by atoms with Crippen LogP contribution in [0.2, 0.25) is 5.02 Å². The van der Waals surface area contributed by atoms with E-state index >= 15 is 0 Å². The zero-order chi connectivity index (χ0) is 15.6. The van der Waals surface area contributed by atoms with Crippen molar-refractivity contribution in [2.45, 2.75) is 6.92 Å². The molecule has 0 aliphatic heterocycles. The molecule has 0 aromatic heterocycles. The molecule has 0 bridgehead atoms. The first-order valence-corrected chi connectivity index (χ1v) is 6.91. The minimum Gasteiger partial charge on any atom is -0.397 e. The zero-order valence-corrected chi connectivity index (χ0v) is 13.0. The summed E-state index contributed by atoms with van der Waals surface area (Å²) in [5.74, 6) is -0.0686. The number of nitrogens with two attached hydrogens (primary N) is 1. The van der Waals surface area contributed by atoms with Crippen LogP contribution in [0.25, 0.3) is 0 Å². The molecular weight excluding hydrogens is 286 g/mol. The summed E-state index contributed by atoms with van der Waals surface area (Å²) in [5.41, 5.74) is 9.62. The number of anilines is 3. The molecule has 3 N–H and O–H groups in total. The highest BCUT2D eigenvalue weighted by atomic mass is 35.5. The topological polar surface area (TPSA) is 58.4 Å². The van der Waals surface area contributed by atoms with E-state index in [1.165, 1.54) is 4.90 Å². The van der Waals surface area contributed by atoms with Crippen LogP contribution >= 0.6 is 11.6 Å². The van der Waals surface area contributed by atoms with Crippen molar-refractivity contribution in [3.63, 3.8) is 0 Å². The van der Waals surface area contributed by atoms with Gasteiger partial charge in [0.1, 0.15) is 0 Å². The molecule has 0 aliphatic carbocycles. The maximum Gasteiger partial charge on any atom is 0.253 e. The molecule has 0 heterocycles. The minimum atomic E-state index is -0.0686. The van der Waals surface area contributed by atoms with Gasteiger partial charge in [0, 0.05) is 30.4 Å². The van der Waals surface area contributed by atoms with Gasteiger partial charge in [0.25, 0.3) is 5.91 Å². The van der Waals surface area contributed by atoms with E-state index in [0.717, 1.165) is 11.3 Å². The fourth-order valence-electron chi connectivity index (χ4n) is 1.94. The summed E-state index contributed by atoms with van der Waals surface area (Å²) in [6.07, 6.45) is 0. The van der Waals surface area contributed by atoms with E-state index in [1.807, 2.05) is 25.1 Å². The Bertz CT molecular complexity index is 683. The molecule has 2 aromatic carbocycles. The highest BCUT2D eigenvalue weighted by Gasteiger charge is 2.11. The number of nitrogens with one attached hydrogen (secondary N) is 1. The van der Waals surface area contributed by atoms with Gasteiger partial charge in [-0.2, -0.15) is 0 Å². The third kappa shape index (κ3) is 3.28. The number of carbonyl (C=O) groups is 1. The van der Waals surface area contributed by atoms with Crippen molar-refractivity contribution in [2.75, 3.05) is 25.1 Å². The predicted molar refractivity (Wildman–Crippen MR) is 88.3 cm³/mol. The Kier molecular flexibility index (Phi) is 4.38. The van der Waals surface area contributed by atoms with Crippen LogP contribution in [0.5, 0.6) is 0 Å². The number of rotatable bonds is 3. The Morgan fingerprint density at radius 2 is 1.90 bits per heavy atom. The summed E-state index contributed by atoms with van der Waals surface area (Å²) in [4.78, 5) is 13.5. The van der Waals surface area contributed by atoms with Gasteiger partial charge in [-0.05, 0) is 42.8 Å². The van der Waals surface area contributed by atoms with Crippen molar-refractivity contribution in [3.8, 4) is 0 Å². The smallest absolute Gasteiger partial charge is 0.253 e. The lowest BCUT2D eigenvalue weighted by Gasteiger charge is -2.15. The lowest BCUT2D eigenvalue weighted by atomic mass is 10.1. The molecule has 2 rings (SSSR count). The van der Waals surface area contributed by atoms with Gasteiger partial charge in [0.05, 0.1) is 11.4 Å². The van der Waals surface area contributed by atoms with E-state index in [9.17, 15) is 4.79 Å². The van der Waals surface area contributed by atoms with Crippen molar-refractivity contribution >= 4 is 34.6 Å². The average molecular weight is 304 g/mol. The maximum atomic E-state index is 12.0. The molecule has 0 unspecified atom stereocenters. The Balaban J connectivity index is 2.38. The van der Waals surface area contributed by atoms with Crippen LogP contribution in [0, 0.1) is 6.92 Å². The summed E-state index contributed by atoms with van der Waals surface area (Å²) in [5, 5.41) is 3.92. The van der Waals surface area contributed by atoms with Crippen LogP contribution in [-0.2, 0) is 0 Å². The fraction of sp³-hybridized carbons (Fsp3) is 0.188. The van der Waals surface area contributed by atoms with E-state index < -0.39 is 0 Å². The van der Waals surface area contributed by atoms with Crippen LogP contribution in [0.3, 0.4) is 0 Å². The van der Waals surface area contributed by atoms with Gasteiger partial charge in [-0.3, -0.25) is 4.79 Å². The third-order valence-electron chi connectivity index (χ3n) is 3.24. The first kappa shape index (κ1) is 15.2. The average Bonchev–Trinajstić information content (AvgIpc) is 2.45. The van der Waals surface area contributed by atoms with Gasteiger partial charge in [-0.25, -0.2) is 0 Å². The number of benzene rings is 2. The molecule has 4 nitrogen and oxygen atoms in total. The van der Waals surface area contributed by atoms with E-state index in [2.05, 4.69) is 5.32 Å². The summed E-state index contributed by atoms with van der Waals surface area (Å²) in [6.45, 7) is 1.93. The highest BCUT2D eigenvalue weighted by Crippen LogP contribution is 2.29. The normalized spacial score (nSPS) is 10.3. The van der Waals surface area contributed by atoms with Gasteiger partial charge in [0.2, 0.25) is 0 Å². The number of nitrogens with zero attached hydrogens (tertiary/aromatic N) is 1. The van der Waals surface area contributed by atoms with Crippen LogP contribution in [0.15, 0.2) is 36.4 Å². The SMILES string of the molecule is Cc1c(Cl)cccc1Nc1cc(C(=O)N(C)C)ccc1N. The first-order chi connectivity index (χ1) is 9.90.